The number of aromatic amines is 1. The van der Waals surface area contributed by atoms with Crippen molar-refractivity contribution >= 4 is 10.8 Å². The zero-order chi connectivity index (χ0) is 14.8. The molecule has 0 unspecified atom stereocenters. The van der Waals surface area contributed by atoms with Crippen LogP contribution in [-0.2, 0) is 11.3 Å². The Hall–Kier alpha value is -2.39. The molecule has 0 bridgehead atoms. The zero-order valence-electron chi connectivity index (χ0n) is 12.1. The van der Waals surface area contributed by atoms with Gasteiger partial charge in [-0.25, -0.2) is 0 Å². The molecule has 106 valence electrons. The number of methoxy groups -OCH3 is 1. The molecule has 1 N–H and O–H groups in total. The van der Waals surface area contributed by atoms with E-state index in [-0.39, 0.29) is 5.56 Å². The van der Waals surface area contributed by atoms with E-state index in [1.165, 1.54) is 5.56 Å². The summed E-state index contributed by atoms with van der Waals surface area (Å²) in [4.78, 5) is 14.9. The lowest BCUT2D eigenvalue weighted by Crippen LogP contribution is -2.07. The Morgan fingerprint density at radius 1 is 1.05 bits per heavy atom. The van der Waals surface area contributed by atoms with Crippen LogP contribution in [0.25, 0.3) is 21.9 Å². The minimum Gasteiger partial charge on any atom is -0.380 e. The van der Waals surface area contributed by atoms with Crippen molar-refractivity contribution in [2.24, 2.45) is 0 Å². The van der Waals surface area contributed by atoms with Crippen molar-refractivity contribution in [3.8, 4) is 11.1 Å². The second-order valence-corrected chi connectivity index (χ2v) is 5.16. The molecular weight excluding hydrogens is 262 g/mol. The van der Waals surface area contributed by atoms with Gasteiger partial charge in [-0.05, 0) is 35.1 Å². The van der Waals surface area contributed by atoms with Crippen molar-refractivity contribution in [1.82, 2.24) is 4.98 Å². The van der Waals surface area contributed by atoms with Crippen LogP contribution in [0.3, 0.4) is 0 Å². The van der Waals surface area contributed by atoms with E-state index < -0.39 is 0 Å². The second-order valence-electron chi connectivity index (χ2n) is 5.16. The fraction of sp³-hybridized carbons (Fsp3) is 0.167. The van der Waals surface area contributed by atoms with Gasteiger partial charge in [0.2, 0.25) is 0 Å². The molecule has 3 heteroatoms. The van der Waals surface area contributed by atoms with Gasteiger partial charge in [0, 0.05) is 24.3 Å². The summed E-state index contributed by atoms with van der Waals surface area (Å²) in [5.74, 6) is 0. The van der Waals surface area contributed by atoms with Crippen LogP contribution in [0.1, 0.15) is 11.1 Å². The topological polar surface area (TPSA) is 42.1 Å². The SMILES string of the molecule is COCc1ccc2c(-c3ccccc3C)c[nH]c(=O)c2c1. The minimum absolute atomic E-state index is 0.0692. The van der Waals surface area contributed by atoms with E-state index in [0.29, 0.717) is 12.0 Å². The molecule has 0 saturated heterocycles. The quantitative estimate of drug-likeness (QED) is 0.795. The summed E-state index contributed by atoms with van der Waals surface area (Å²) < 4.78 is 5.14. The van der Waals surface area contributed by atoms with Crippen LogP contribution >= 0.6 is 0 Å². The third kappa shape index (κ3) is 2.48. The van der Waals surface area contributed by atoms with E-state index in [1.807, 2.05) is 30.3 Å². The van der Waals surface area contributed by atoms with Gasteiger partial charge in [-0.2, -0.15) is 0 Å². The van der Waals surface area contributed by atoms with Gasteiger partial charge in [-0.15, -0.1) is 0 Å². The Kier molecular flexibility index (Phi) is 3.59. The Morgan fingerprint density at radius 2 is 1.86 bits per heavy atom. The van der Waals surface area contributed by atoms with E-state index in [0.717, 1.165) is 22.1 Å². The smallest absolute Gasteiger partial charge is 0.255 e. The molecule has 0 saturated carbocycles. The maximum atomic E-state index is 12.1. The third-order valence-electron chi connectivity index (χ3n) is 3.71. The summed E-state index contributed by atoms with van der Waals surface area (Å²) in [5, 5.41) is 1.67. The molecule has 21 heavy (non-hydrogen) atoms. The molecule has 0 fully saturated rings. The highest BCUT2D eigenvalue weighted by atomic mass is 16.5. The first-order chi connectivity index (χ1) is 10.2. The van der Waals surface area contributed by atoms with Gasteiger partial charge >= 0.3 is 0 Å². The standard InChI is InChI=1S/C18H17NO2/c1-12-5-3-4-6-14(12)17-10-19-18(20)16-9-13(11-21-2)7-8-15(16)17/h3-10H,11H2,1-2H3,(H,19,20). The summed E-state index contributed by atoms with van der Waals surface area (Å²) in [6, 6.07) is 14.1. The average molecular weight is 279 g/mol. The number of benzene rings is 2. The first-order valence-corrected chi connectivity index (χ1v) is 6.90. The van der Waals surface area contributed by atoms with Gasteiger partial charge in [-0.1, -0.05) is 36.4 Å². The van der Waals surface area contributed by atoms with Gasteiger partial charge < -0.3 is 9.72 Å². The summed E-state index contributed by atoms with van der Waals surface area (Å²) in [6.45, 7) is 2.58. The van der Waals surface area contributed by atoms with Crippen molar-refractivity contribution < 1.29 is 4.74 Å². The molecule has 0 amide bonds. The van der Waals surface area contributed by atoms with Crippen LogP contribution < -0.4 is 5.56 Å². The highest BCUT2D eigenvalue weighted by molar-refractivity contribution is 5.96. The van der Waals surface area contributed by atoms with E-state index in [9.17, 15) is 4.79 Å². The fourth-order valence-electron chi connectivity index (χ4n) is 2.66. The Bertz CT molecular complexity index is 849. The van der Waals surface area contributed by atoms with Crippen LogP contribution in [0.5, 0.6) is 0 Å². The lowest BCUT2D eigenvalue weighted by molar-refractivity contribution is 0.185. The highest BCUT2D eigenvalue weighted by Crippen LogP contribution is 2.29. The van der Waals surface area contributed by atoms with Gasteiger partial charge in [0.1, 0.15) is 0 Å². The Balaban J connectivity index is 2.28. The number of rotatable bonds is 3. The number of pyridine rings is 1. The maximum absolute atomic E-state index is 12.1. The zero-order valence-corrected chi connectivity index (χ0v) is 12.1. The van der Waals surface area contributed by atoms with Crippen LogP contribution in [0.15, 0.2) is 53.5 Å². The normalized spacial score (nSPS) is 11.0. The van der Waals surface area contributed by atoms with E-state index in [1.54, 1.807) is 13.3 Å². The minimum atomic E-state index is -0.0692. The van der Waals surface area contributed by atoms with E-state index in [4.69, 9.17) is 4.74 Å². The molecule has 1 heterocycles. The maximum Gasteiger partial charge on any atom is 0.255 e. The number of aromatic nitrogens is 1. The molecule has 0 atom stereocenters. The molecule has 3 rings (SSSR count). The molecule has 0 radical (unpaired) electrons. The fourth-order valence-corrected chi connectivity index (χ4v) is 2.66. The summed E-state index contributed by atoms with van der Waals surface area (Å²) in [6.07, 6.45) is 1.79. The van der Waals surface area contributed by atoms with Crippen LogP contribution in [0.4, 0.5) is 0 Å². The van der Waals surface area contributed by atoms with E-state index in [2.05, 4.69) is 24.0 Å². The van der Waals surface area contributed by atoms with Crippen molar-refractivity contribution in [3.05, 3.63) is 70.1 Å². The summed E-state index contributed by atoms with van der Waals surface area (Å²) in [7, 11) is 1.65. The molecule has 0 aliphatic rings. The molecule has 0 spiro atoms. The molecule has 2 aromatic carbocycles. The predicted octanol–water partition coefficient (Wildman–Crippen LogP) is 3.65. The van der Waals surface area contributed by atoms with Crippen molar-refractivity contribution in [1.29, 1.82) is 0 Å². The molecule has 3 nitrogen and oxygen atoms in total. The predicted molar refractivity (Wildman–Crippen MR) is 85.5 cm³/mol. The third-order valence-corrected chi connectivity index (χ3v) is 3.71. The number of fused-ring (bicyclic) bond motifs is 1. The summed E-state index contributed by atoms with van der Waals surface area (Å²) >= 11 is 0. The van der Waals surface area contributed by atoms with Gasteiger partial charge in [0.25, 0.3) is 5.56 Å². The Morgan fingerprint density at radius 3 is 2.62 bits per heavy atom. The van der Waals surface area contributed by atoms with Crippen LogP contribution in [0.2, 0.25) is 0 Å². The number of nitrogens with one attached hydrogen (secondary N) is 1. The lowest BCUT2D eigenvalue weighted by Gasteiger charge is -2.10. The number of aryl methyl sites for hydroxylation is 1. The van der Waals surface area contributed by atoms with Crippen molar-refractivity contribution in [2.45, 2.75) is 13.5 Å². The molecule has 1 aromatic heterocycles. The van der Waals surface area contributed by atoms with Crippen molar-refractivity contribution in [2.75, 3.05) is 7.11 Å². The first-order valence-electron chi connectivity index (χ1n) is 6.90. The molecule has 0 aliphatic heterocycles. The number of hydrogen-bond acceptors (Lipinski definition) is 2. The largest absolute Gasteiger partial charge is 0.380 e. The first kappa shape index (κ1) is 13.6. The number of H-pyrrole nitrogens is 1. The van der Waals surface area contributed by atoms with Gasteiger partial charge in [0.15, 0.2) is 0 Å². The van der Waals surface area contributed by atoms with Gasteiger partial charge in [0.05, 0.1) is 6.61 Å². The van der Waals surface area contributed by atoms with Crippen molar-refractivity contribution in [3.63, 3.8) is 0 Å². The molecule has 3 aromatic rings. The van der Waals surface area contributed by atoms with E-state index >= 15 is 0 Å². The monoisotopic (exact) mass is 279 g/mol. The van der Waals surface area contributed by atoms with Crippen LogP contribution in [-0.4, -0.2) is 12.1 Å². The second kappa shape index (κ2) is 5.54. The number of ether oxygens (including phenoxy) is 1. The number of hydrogen-bond donors (Lipinski definition) is 1. The highest BCUT2D eigenvalue weighted by Gasteiger charge is 2.09. The summed E-state index contributed by atoms with van der Waals surface area (Å²) in [5.41, 5.74) is 4.30. The van der Waals surface area contributed by atoms with Crippen LogP contribution in [0, 0.1) is 6.92 Å². The lowest BCUT2D eigenvalue weighted by atomic mass is 9.96. The molecular formula is C18H17NO2. The van der Waals surface area contributed by atoms with Gasteiger partial charge in [-0.3, -0.25) is 4.79 Å². The molecule has 0 aliphatic carbocycles. The Labute approximate surface area is 123 Å². The average Bonchev–Trinajstić information content (AvgIpc) is 2.49.